The van der Waals surface area contributed by atoms with Crippen molar-refractivity contribution < 1.29 is 24.1 Å². The number of carbonyl (C=O) groups is 1. The lowest BCUT2D eigenvalue weighted by Crippen LogP contribution is -1.97. The Kier molecular flexibility index (Phi) is 6.28. The van der Waals surface area contributed by atoms with Crippen LogP contribution in [-0.2, 0) is 4.79 Å². The second kappa shape index (κ2) is 8.42. The van der Waals surface area contributed by atoms with Gasteiger partial charge in [-0.1, -0.05) is 12.0 Å². The number of aliphatic hydroxyl groups excluding tert-OH is 1. The normalized spacial score (nSPS) is 12.2. The molecule has 0 aliphatic rings. The predicted octanol–water partition coefficient (Wildman–Crippen LogP) is 2.93. The van der Waals surface area contributed by atoms with Gasteiger partial charge in [0.05, 0.1) is 18.9 Å². The topological polar surface area (TPSA) is 79.7 Å². The molecular formula is C18H16FNO4S. The molecule has 0 bridgehead atoms. The molecule has 1 aromatic carbocycles. The van der Waals surface area contributed by atoms with E-state index in [1.165, 1.54) is 30.6 Å². The molecule has 0 fully saturated rings. The molecule has 25 heavy (non-hydrogen) atoms. The predicted molar refractivity (Wildman–Crippen MR) is 93.0 cm³/mol. The van der Waals surface area contributed by atoms with Crippen molar-refractivity contribution in [2.45, 2.75) is 19.4 Å². The Morgan fingerprint density at radius 3 is 2.88 bits per heavy atom. The average molecular weight is 361 g/mol. The molecule has 2 aromatic rings. The zero-order chi connectivity index (χ0) is 18.4. The third-order valence-corrected chi connectivity index (χ3v) is 3.86. The van der Waals surface area contributed by atoms with Gasteiger partial charge in [0, 0.05) is 23.5 Å². The highest BCUT2D eigenvalue weighted by atomic mass is 32.1. The first-order valence-corrected chi connectivity index (χ1v) is 8.20. The molecule has 1 heterocycles. The Bertz CT molecular complexity index is 861. The molecule has 5 nitrogen and oxygen atoms in total. The number of aliphatic carboxylic acids is 1. The number of hydrogen-bond acceptors (Lipinski definition) is 5. The van der Waals surface area contributed by atoms with E-state index < -0.39 is 17.9 Å². The zero-order valence-corrected chi connectivity index (χ0v) is 14.4. The summed E-state index contributed by atoms with van der Waals surface area (Å²) in [6, 6.07) is 4.19. The molecule has 1 aromatic heterocycles. The van der Waals surface area contributed by atoms with Gasteiger partial charge < -0.3 is 14.9 Å². The first-order chi connectivity index (χ1) is 11.9. The van der Waals surface area contributed by atoms with Crippen molar-refractivity contribution in [2.75, 3.05) is 7.11 Å². The fourth-order valence-electron chi connectivity index (χ4n) is 1.99. The van der Waals surface area contributed by atoms with Gasteiger partial charge in [-0.3, -0.25) is 0 Å². The number of hydrogen-bond donors (Lipinski definition) is 2. The van der Waals surface area contributed by atoms with Gasteiger partial charge in [0.2, 0.25) is 0 Å². The van der Waals surface area contributed by atoms with Crippen molar-refractivity contribution >= 4 is 22.9 Å². The molecule has 0 spiro atoms. The van der Waals surface area contributed by atoms with E-state index in [0.717, 1.165) is 6.08 Å². The smallest absolute Gasteiger partial charge is 0.329 e. The lowest BCUT2D eigenvalue weighted by atomic mass is 10.0. The number of rotatable bonds is 5. The van der Waals surface area contributed by atoms with Crippen LogP contribution in [0, 0.1) is 17.7 Å². The van der Waals surface area contributed by atoms with Crippen LogP contribution in [0.15, 0.2) is 29.7 Å². The highest BCUT2D eigenvalue weighted by Gasteiger charge is 2.14. The third kappa shape index (κ3) is 5.14. The number of halogens is 1. The Morgan fingerprint density at radius 2 is 2.28 bits per heavy atom. The number of ether oxygens (including phenoxy) is 1. The van der Waals surface area contributed by atoms with Gasteiger partial charge in [-0.05, 0) is 30.5 Å². The fourth-order valence-corrected chi connectivity index (χ4v) is 2.68. The molecular weight excluding hydrogens is 345 g/mol. The van der Waals surface area contributed by atoms with Gasteiger partial charge in [0.25, 0.3) is 0 Å². The largest absolute Gasteiger partial charge is 0.494 e. The lowest BCUT2D eigenvalue weighted by molar-refractivity contribution is -0.131. The van der Waals surface area contributed by atoms with E-state index >= 15 is 0 Å². The Balaban J connectivity index is 2.39. The Labute approximate surface area is 148 Å². The molecule has 2 rings (SSSR count). The molecule has 0 radical (unpaired) electrons. The third-order valence-electron chi connectivity index (χ3n) is 3.10. The summed E-state index contributed by atoms with van der Waals surface area (Å²) in [7, 11) is 1.35. The summed E-state index contributed by atoms with van der Waals surface area (Å²) in [4.78, 5) is 15.4. The van der Waals surface area contributed by atoms with E-state index in [9.17, 15) is 14.3 Å². The first kappa shape index (κ1) is 18.6. The van der Waals surface area contributed by atoms with Crippen molar-refractivity contribution in [1.29, 1.82) is 0 Å². The second-order valence-corrected chi connectivity index (χ2v) is 6.00. The van der Waals surface area contributed by atoms with Crippen molar-refractivity contribution in [3.63, 3.8) is 0 Å². The molecule has 1 atom stereocenters. The maximum atomic E-state index is 13.9. The Hall–Kier alpha value is -2.69. The van der Waals surface area contributed by atoms with Crippen LogP contribution in [-0.4, -0.2) is 34.4 Å². The molecule has 0 amide bonds. The average Bonchev–Trinajstić information content (AvgIpc) is 3.00. The van der Waals surface area contributed by atoms with Gasteiger partial charge in [-0.15, -0.1) is 11.3 Å². The van der Waals surface area contributed by atoms with Gasteiger partial charge in [-0.25, -0.2) is 14.2 Å². The number of nitrogens with zero attached hydrogens (tertiary/aromatic N) is 1. The van der Waals surface area contributed by atoms with Crippen LogP contribution in [0.25, 0.3) is 5.57 Å². The summed E-state index contributed by atoms with van der Waals surface area (Å²) in [5.41, 5.74) is 1.03. The van der Waals surface area contributed by atoms with E-state index in [1.807, 2.05) is 0 Å². The van der Waals surface area contributed by atoms with E-state index in [2.05, 4.69) is 16.8 Å². The molecule has 0 saturated heterocycles. The highest BCUT2D eigenvalue weighted by Crippen LogP contribution is 2.28. The molecule has 0 aliphatic heterocycles. The minimum absolute atomic E-state index is 0.0707. The van der Waals surface area contributed by atoms with E-state index in [-0.39, 0.29) is 11.3 Å². The number of aromatic nitrogens is 1. The highest BCUT2D eigenvalue weighted by molar-refractivity contribution is 7.10. The maximum absolute atomic E-state index is 13.9. The summed E-state index contributed by atoms with van der Waals surface area (Å²) in [5.74, 6) is 3.92. The SMILES string of the molecule is COc1ccc(C(=CC(=O)O)c2csc(C#CCC(C)O)n2)cc1F. The quantitative estimate of drug-likeness (QED) is 0.632. The van der Waals surface area contributed by atoms with Gasteiger partial charge in [-0.2, -0.15) is 0 Å². The van der Waals surface area contributed by atoms with Crippen molar-refractivity contribution in [1.82, 2.24) is 4.98 Å². The molecule has 0 aliphatic carbocycles. The summed E-state index contributed by atoms with van der Waals surface area (Å²) >= 11 is 1.24. The molecule has 0 saturated carbocycles. The van der Waals surface area contributed by atoms with Crippen LogP contribution in [0.3, 0.4) is 0 Å². The number of carboxylic acid groups (broad SMARTS) is 1. The first-order valence-electron chi connectivity index (χ1n) is 7.32. The minimum atomic E-state index is -1.17. The van der Waals surface area contributed by atoms with Gasteiger partial charge in [0.1, 0.15) is 0 Å². The van der Waals surface area contributed by atoms with Gasteiger partial charge >= 0.3 is 5.97 Å². The zero-order valence-electron chi connectivity index (χ0n) is 13.6. The standard InChI is InChI=1S/C18H16FNO4S/c1-11(21)4-3-5-17-20-15(10-25-17)13(9-18(22)23)12-6-7-16(24-2)14(19)8-12/h6-11,21H,4H2,1-2H3,(H,22,23). The number of aliphatic hydroxyl groups is 1. The summed E-state index contributed by atoms with van der Waals surface area (Å²) < 4.78 is 18.8. The maximum Gasteiger partial charge on any atom is 0.329 e. The number of thiazole rings is 1. The van der Waals surface area contributed by atoms with Gasteiger partial charge in [0.15, 0.2) is 16.6 Å². The molecule has 2 N–H and O–H groups in total. The fraction of sp³-hybridized carbons (Fsp3) is 0.222. The number of benzene rings is 1. The van der Waals surface area contributed by atoms with Crippen LogP contribution >= 0.6 is 11.3 Å². The van der Waals surface area contributed by atoms with E-state index in [4.69, 9.17) is 9.84 Å². The van der Waals surface area contributed by atoms with E-state index in [1.54, 1.807) is 18.4 Å². The molecule has 130 valence electrons. The summed E-state index contributed by atoms with van der Waals surface area (Å²) in [6.07, 6.45) is 0.761. The summed E-state index contributed by atoms with van der Waals surface area (Å²) in [6.45, 7) is 1.63. The van der Waals surface area contributed by atoms with Crippen LogP contribution in [0.4, 0.5) is 4.39 Å². The lowest BCUT2D eigenvalue weighted by Gasteiger charge is -2.07. The van der Waals surface area contributed by atoms with Crippen LogP contribution < -0.4 is 4.74 Å². The minimum Gasteiger partial charge on any atom is -0.494 e. The second-order valence-electron chi connectivity index (χ2n) is 5.14. The van der Waals surface area contributed by atoms with Crippen molar-refractivity contribution in [2.24, 2.45) is 0 Å². The van der Waals surface area contributed by atoms with Crippen LogP contribution in [0.2, 0.25) is 0 Å². The van der Waals surface area contributed by atoms with Crippen molar-refractivity contribution in [3.05, 3.63) is 51.7 Å². The number of carboxylic acids is 1. The summed E-state index contributed by atoms with van der Waals surface area (Å²) in [5, 5.41) is 20.5. The van der Waals surface area contributed by atoms with Crippen LogP contribution in [0.5, 0.6) is 5.75 Å². The molecule has 1 unspecified atom stereocenters. The van der Waals surface area contributed by atoms with Crippen molar-refractivity contribution in [3.8, 4) is 17.6 Å². The Morgan fingerprint density at radius 1 is 1.52 bits per heavy atom. The monoisotopic (exact) mass is 361 g/mol. The molecule has 7 heteroatoms. The number of methoxy groups -OCH3 is 1. The van der Waals surface area contributed by atoms with E-state index in [0.29, 0.717) is 22.7 Å². The van der Waals surface area contributed by atoms with Crippen LogP contribution in [0.1, 0.15) is 29.6 Å².